The average Bonchev–Trinajstić information content (AvgIpc) is 2.85. The molecule has 112 valence electrons. The van der Waals surface area contributed by atoms with Gasteiger partial charge in [0.25, 0.3) is 11.7 Å². The lowest BCUT2D eigenvalue weighted by molar-refractivity contribution is 0.0545. The van der Waals surface area contributed by atoms with Crippen LogP contribution in [0.15, 0.2) is 16.3 Å². The van der Waals surface area contributed by atoms with Crippen molar-refractivity contribution in [2.75, 3.05) is 6.54 Å². The molecular weight excluding hydrogens is 300 g/mol. The topological polar surface area (TPSA) is 20.3 Å². The lowest BCUT2D eigenvalue weighted by atomic mass is 9.92. The minimum absolute atomic E-state index is 0.0819. The van der Waals surface area contributed by atoms with E-state index in [1.807, 2.05) is 4.90 Å². The molecule has 2 heterocycles. The van der Waals surface area contributed by atoms with E-state index in [1.54, 1.807) is 11.4 Å². The first-order valence-corrected chi connectivity index (χ1v) is 8.60. The van der Waals surface area contributed by atoms with Crippen LogP contribution in [0, 0.1) is 5.92 Å². The Morgan fingerprint density at radius 3 is 2.85 bits per heavy atom. The van der Waals surface area contributed by atoms with Gasteiger partial charge >= 0.3 is 0 Å². The number of halogens is 2. The number of rotatable bonds is 4. The molecule has 6 heteroatoms. The summed E-state index contributed by atoms with van der Waals surface area (Å²) in [4.78, 5) is 15.4. The molecule has 0 bridgehead atoms. The fourth-order valence-electron chi connectivity index (χ4n) is 2.68. The number of hydrogen-bond acceptors (Lipinski definition) is 3. The van der Waals surface area contributed by atoms with Crippen molar-refractivity contribution in [2.45, 2.75) is 49.8 Å². The molecule has 0 aromatic carbocycles. The van der Waals surface area contributed by atoms with Crippen molar-refractivity contribution in [2.24, 2.45) is 5.92 Å². The summed E-state index contributed by atoms with van der Waals surface area (Å²) in [6.45, 7) is 4.96. The molecule has 1 aliphatic heterocycles. The molecule has 2 nitrogen and oxygen atoms in total. The van der Waals surface area contributed by atoms with Gasteiger partial charge in [-0.05, 0) is 36.6 Å². The van der Waals surface area contributed by atoms with Gasteiger partial charge in [-0.15, -0.1) is 11.3 Å². The van der Waals surface area contributed by atoms with Crippen molar-refractivity contribution < 1.29 is 13.6 Å². The normalized spacial score (nSPS) is 19.9. The lowest BCUT2D eigenvalue weighted by Crippen LogP contribution is -2.46. The van der Waals surface area contributed by atoms with Gasteiger partial charge in [-0.25, -0.2) is 0 Å². The number of alkyl halides is 2. The molecule has 1 unspecified atom stereocenters. The van der Waals surface area contributed by atoms with Gasteiger partial charge in [0.15, 0.2) is 0 Å². The van der Waals surface area contributed by atoms with Crippen molar-refractivity contribution in [3.8, 4) is 0 Å². The van der Waals surface area contributed by atoms with Crippen molar-refractivity contribution >= 4 is 29.0 Å². The van der Waals surface area contributed by atoms with E-state index in [0.717, 1.165) is 25.8 Å². The molecular formula is C14H19F2NOS2. The fraction of sp³-hybridized carbons (Fsp3) is 0.643. The zero-order chi connectivity index (χ0) is 14.7. The van der Waals surface area contributed by atoms with Gasteiger partial charge in [0, 0.05) is 17.5 Å². The standard InChI is InChI=1S/C14H19F2NOS2/c1-9(2)10-5-3-4-7-17(10)13(18)12-11(6-8-19-12)20-14(15)16/h6,8-10,14H,3-5,7H2,1-2H3. The number of thiophene rings is 1. The van der Waals surface area contributed by atoms with Crippen LogP contribution >= 0.6 is 23.1 Å². The summed E-state index contributed by atoms with van der Waals surface area (Å²) in [6, 6.07) is 1.84. The van der Waals surface area contributed by atoms with Gasteiger partial charge in [0.1, 0.15) is 4.88 Å². The highest BCUT2D eigenvalue weighted by molar-refractivity contribution is 7.99. The second-order valence-corrected chi connectivity index (χ2v) is 7.25. The highest BCUT2D eigenvalue weighted by atomic mass is 32.2. The van der Waals surface area contributed by atoms with E-state index in [2.05, 4.69) is 13.8 Å². The molecule has 1 aromatic rings. The summed E-state index contributed by atoms with van der Waals surface area (Å²) in [5.74, 6) is -2.18. The van der Waals surface area contributed by atoms with Gasteiger partial charge in [-0.1, -0.05) is 25.6 Å². The minimum atomic E-state index is -2.49. The SMILES string of the molecule is CC(C)C1CCCCN1C(=O)c1sccc1SC(F)F. The highest BCUT2D eigenvalue weighted by Gasteiger charge is 2.31. The molecule has 0 N–H and O–H groups in total. The second kappa shape index (κ2) is 6.89. The minimum Gasteiger partial charge on any atom is -0.335 e. The summed E-state index contributed by atoms with van der Waals surface area (Å²) in [7, 11) is 0. The van der Waals surface area contributed by atoms with E-state index < -0.39 is 5.76 Å². The summed E-state index contributed by atoms with van der Waals surface area (Å²) in [5, 5.41) is 1.71. The van der Waals surface area contributed by atoms with E-state index in [1.165, 1.54) is 11.3 Å². The molecule has 1 aromatic heterocycles. The first-order chi connectivity index (χ1) is 9.50. The molecule has 0 spiro atoms. The first kappa shape index (κ1) is 15.8. The summed E-state index contributed by atoms with van der Waals surface area (Å²) >= 11 is 1.72. The average molecular weight is 319 g/mol. The Morgan fingerprint density at radius 2 is 2.20 bits per heavy atom. The molecule has 1 saturated heterocycles. The molecule has 0 saturated carbocycles. The number of piperidine rings is 1. The lowest BCUT2D eigenvalue weighted by Gasteiger charge is -2.38. The van der Waals surface area contributed by atoms with Crippen molar-refractivity contribution in [1.29, 1.82) is 0 Å². The van der Waals surface area contributed by atoms with Crippen LogP contribution in [0.4, 0.5) is 8.78 Å². The molecule has 1 aliphatic rings. The van der Waals surface area contributed by atoms with Crippen molar-refractivity contribution in [1.82, 2.24) is 4.90 Å². The predicted octanol–water partition coefficient (Wildman–Crippen LogP) is 4.71. The number of amides is 1. The highest BCUT2D eigenvalue weighted by Crippen LogP contribution is 2.34. The smallest absolute Gasteiger partial charge is 0.288 e. The molecule has 0 radical (unpaired) electrons. The second-order valence-electron chi connectivity index (χ2n) is 5.30. The fourth-order valence-corrected chi connectivity index (χ4v) is 4.33. The van der Waals surface area contributed by atoms with E-state index in [4.69, 9.17) is 0 Å². The number of likely N-dealkylation sites (tertiary alicyclic amines) is 1. The number of nitrogens with zero attached hydrogens (tertiary/aromatic N) is 1. The Bertz CT molecular complexity index is 462. The number of carbonyl (C=O) groups excluding carboxylic acids is 1. The van der Waals surface area contributed by atoms with Crippen LogP contribution in [0.2, 0.25) is 0 Å². The maximum Gasteiger partial charge on any atom is 0.288 e. The first-order valence-electron chi connectivity index (χ1n) is 6.84. The Hall–Kier alpha value is -0.620. The van der Waals surface area contributed by atoms with E-state index in [-0.39, 0.29) is 11.9 Å². The quantitative estimate of drug-likeness (QED) is 0.749. The zero-order valence-corrected chi connectivity index (χ0v) is 13.3. The Balaban J connectivity index is 2.19. The summed E-state index contributed by atoms with van der Waals surface area (Å²) in [6.07, 6.45) is 3.14. The Labute approximate surface area is 126 Å². The third-order valence-corrected chi connectivity index (χ3v) is 5.42. The number of hydrogen-bond donors (Lipinski definition) is 0. The van der Waals surface area contributed by atoms with Gasteiger partial charge < -0.3 is 4.90 Å². The Morgan fingerprint density at radius 1 is 1.45 bits per heavy atom. The third kappa shape index (κ3) is 3.52. The maximum absolute atomic E-state index is 12.7. The monoisotopic (exact) mass is 319 g/mol. The van der Waals surface area contributed by atoms with Crippen LogP contribution in [0.5, 0.6) is 0 Å². The van der Waals surface area contributed by atoms with Gasteiger partial charge in [0.2, 0.25) is 0 Å². The maximum atomic E-state index is 12.7. The largest absolute Gasteiger partial charge is 0.335 e. The van der Waals surface area contributed by atoms with Gasteiger partial charge in [0.05, 0.1) is 0 Å². The molecule has 1 atom stereocenters. The van der Waals surface area contributed by atoms with Crippen LogP contribution in [-0.2, 0) is 0 Å². The number of thioether (sulfide) groups is 1. The third-order valence-electron chi connectivity index (χ3n) is 3.62. The van der Waals surface area contributed by atoms with Crippen molar-refractivity contribution in [3.63, 3.8) is 0 Å². The molecule has 1 amide bonds. The van der Waals surface area contributed by atoms with Crippen LogP contribution in [0.25, 0.3) is 0 Å². The molecule has 20 heavy (non-hydrogen) atoms. The van der Waals surface area contributed by atoms with E-state index in [0.29, 0.717) is 27.5 Å². The zero-order valence-electron chi connectivity index (χ0n) is 11.6. The summed E-state index contributed by atoms with van der Waals surface area (Å²) < 4.78 is 25.1. The molecule has 1 fully saturated rings. The molecule has 2 rings (SSSR count). The van der Waals surface area contributed by atoms with Crippen LogP contribution in [-0.4, -0.2) is 29.2 Å². The van der Waals surface area contributed by atoms with E-state index in [9.17, 15) is 13.6 Å². The number of carbonyl (C=O) groups is 1. The van der Waals surface area contributed by atoms with Gasteiger partial charge in [-0.3, -0.25) is 4.79 Å². The van der Waals surface area contributed by atoms with Crippen LogP contribution in [0.1, 0.15) is 42.8 Å². The van der Waals surface area contributed by atoms with E-state index >= 15 is 0 Å². The van der Waals surface area contributed by atoms with Crippen molar-refractivity contribution in [3.05, 3.63) is 16.3 Å². The van der Waals surface area contributed by atoms with Gasteiger partial charge in [-0.2, -0.15) is 8.78 Å². The predicted molar refractivity (Wildman–Crippen MR) is 79.7 cm³/mol. The molecule has 0 aliphatic carbocycles. The Kier molecular flexibility index (Phi) is 5.43. The summed E-state index contributed by atoms with van der Waals surface area (Å²) in [5.41, 5.74) is 0. The van der Waals surface area contributed by atoms with Crippen LogP contribution < -0.4 is 0 Å². The van der Waals surface area contributed by atoms with Crippen LogP contribution in [0.3, 0.4) is 0 Å².